The van der Waals surface area contributed by atoms with Gasteiger partial charge in [-0.05, 0) is 27.7 Å². The summed E-state index contributed by atoms with van der Waals surface area (Å²) in [6.07, 6.45) is -33.7. The standard InChI is InChI=1S/C4F9O.2C4H6F3O.Al/c5-2(6,7)1(14,3(8,9)10)4(11,12)13;2*1-3(2,8)4(5,6)7;/h;2*1-2H3;/q3*-1;+3. The predicted molar refractivity (Wildman–Crippen MR) is 70.2 cm³/mol. The highest BCUT2D eigenvalue weighted by Crippen LogP contribution is 2.55. The Morgan fingerprint density at radius 3 is 0.774 bits per heavy atom. The first-order valence-corrected chi connectivity index (χ1v) is 8.82. The second kappa shape index (κ2) is 8.29. The van der Waals surface area contributed by atoms with Crippen LogP contribution in [-0.2, 0) is 11.4 Å². The van der Waals surface area contributed by atoms with Gasteiger partial charge in [0, 0.05) is 0 Å². The van der Waals surface area contributed by atoms with E-state index in [0.29, 0.717) is 0 Å². The average molecular weight is 516 g/mol. The van der Waals surface area contributed by atoms with Crippen LogP contribution in [0.4, 0.5) is 65.9 Å². The molecule has 0 aliphatic rings. The van der Waals surface area contributed by atoms with Crippen molar-refractivity contribution in [2.24, 2.45) is 0 Å². The van der Waals surface area contributed by atoms with Gasteiger partial charge in [0.25, 0.3) is 0 Å². The molecule has 0 unspecified atom stereocenters. The number of hydrogen-bond acceptors (Lipinski definition) is 3. The molecule has 0 amide bonds. The first-order chi connectivity index (χ1) is 13.0. The zero-order chi connectivity index (χ0) is 25.7. The van der Waals surface area contributed by atoms with Crippen LogP contribution in [0.25, 0.3) is 0 Å². The van der Waals surface area contributed by atoms with E-state index in [1.807, 2.05) is 0 Å². The molecule has 19 heteroatoms. The Bertz CT molecular complexity index is 547. The fraction of sp³-hybridized carbons (Fsp3) is 1.00. The van der Waals surface area contributed by atoms with Gasteiger partial charge in [0.05, 0.1) is 0 Å². The van der Waals surface area contributed by atoms with Crippen molar-refractivity contribution in [3.63, 3.8) is 0 Å². The van der Waals surface area contributed by atoms with Gasteiger partial charge >= 0.3 is 51.6 Å². The summed E-state index contributed by atoms with van der Waals surface area (Å²) >= 11 is -6.21. The lowest BCUT2D eigenvalue weighted by Crippen LogP contribution is -2.70. The zero-order valence-electron chi connectivity index (χ0n) is 15.5. The van der Waals surface area contributed by atoms with Crippen LogP contribution in [0.15, 0.2) is 0 Å². The molecule has 0 fully saturated rings. The predicted octanol–water partition coefficient (Wildman–Crippen LogP) is 6.13. The lowest BCUT2D eigenvalue weighted by molar-refractivity contribution is -0.445. The van der Waals surface area contributed by atoms with Crippen LogP contribution in [0.3, 0.4) is 0 Å². The fourth-order valence-electron chi connectivity index (χ4n) is 1.51. The molecule has 0 aliphatic heterocycles. The summed E-state index contributed by atoms with van der Waals surface area (Å²) in [5.74, 6) is 0. The van der Waals surface area contributed by atoms with Crippen molar-refractivity contribution in [3.05, 3.63) is 0 Å². The zero-order valence-corrected chi connectivity index (χ0v) is 16.6. The third-order valence-electron chi connectivity index (χ3n) is 3.62. The normalized spacial score (nSPS) is 16.0. The number of halogens is 15. The Balaban J connectivity index is 6.76. The van der Waals surface area contributed by atoms with E-state index < -0.39 is 62.8 Å². The first kappa shape index (κ1) is 30.4. The van der Waals surface area contributed by atoms with Crippen LogP contribution in [0, 0.1) is 0 Å². The van der Waals surface area contributed by atoms with Gasteiger partial charge < -0.3 is 11.4 Å². The molecule has 31 heavy (non-hydrogen) atoms. The Morgan fingerprint density at radius 1 is 0.387 bits per heavy atom. The lowest BCUT2D eigenvalue weighted by atomic mass is 10.0. The van der Waals surface area contributed by atoms with E-state index in [9.17, 15) is 65.9 Å². The summed E-state index contributed by atoms with van der Waals surface area (Å²) in [4.78, 5) is 0. The molecular formula is C12H12AlF15O3. The van der Waals surface area contributed by atoms with Crippen LogP contribution < -0.4 is 0 Å². The fourth-order valence-corrected chi connectivity index (χ4v) is 3.58. The minimum atomic E-state index is -7.44. The highest BCUT2D eigenvalue weighted by atomic mass is 27.3. The van der Waals surface area contributed by atoms with E-state index >= 15 is 0 Å². The average Bonchev–Trinajstić information content (AvgIpc) is 2.36. The molecule has 0 atom stereocenters. The van der Waals surface area contributed by atoms with Crippen molar-refractivity contribution in [2.75, 3.05) is 0 Å². The van der Waals surface area contributed by atoms with Crippen LogP contribution in [0.2, 0.25) is 0 Å². The minimum absolute atomic E-state index is 0.0866. The number of alkyl halides is 15. The van der Waals surface area contributed by atoms with Gasteiger partial charge in [-0.3, -0.25) is 0 Å². The van der Waals surface area contributed by atoms with Gasteiger partial charge in [0.15, 0.2) is 0 Å². The summed E-state index contributed by atoms with van der Waals surface area (Å²) in [5.41, 5.74) is -14.9. The Hall–Kier alpha value is -0.638. The van der Waals surface area contributed by atoms with Crippen LogP contribution >= 0.6 is 0 Å². The van der Waals surface area contributed by atoms with E-state index in [-0.39, 0.29) is 27.7 Å². The second-order valence-corrected chi connectivity index (χ2v) is 8.12. The van der Waals surface area contributed by atoms with Crippen molar-refractivity contribution in [2.45, 2.75) is 75.4 Å². The summed E-state index contributed by atoms with van der Waals surface area (Å²) in [6, 6.07) is 0. The molecule has 0 bridgehead atoms. The second-order valence-electron chi connectivity index (χ2n) is 6.83. The first-order valence-electron chi connectivity index (χ1n) is 7.40. The molecule has 186 valence electrons. The molecule has 0 radical (unpaired) electrons. The number of hydrogen-bond donors (Lipinski definition) is 0. The summed E-state index contributed by atoms with van der Waals surface area (Å²) < 4.78 is 204. The summed E-state index contributed by atoms with van der Waals surface area (Å²) in [6.45, 7) is -0.346. The molecule has 0 saturated heterocycles. The molecule has 0 heterocycles. The third-order valence-corrected chi connectivity index (χ3v) is 5.73. The van der Waals surface area contributed by atoms with E-state index in [4.69, 9.17) is 0 Å². The van der Waals surface area contributed by atoms with Crippen LogP contribution in [-0.4, -0.2) is 62.8 Å². The van der Waals surface area contributed by atoms with Gasteiger partial charge in [-0.1, -0.05) is 0 Å². The third kappa shape index (κ3) is 6.24. The summed E-state index contributed by atoms with van der Waals surface area (Å²) in [5, 5.41) is 0. The Labute approximate surface area is 168 Å². The SMILES string of the molecule is CC(C)([O][Al]([O]C(C)(C)C(F)(F)F)[O]C(C(F)(F)F)(C(F)(F)F)C(F)(F)F)C(F)(F)F. The number of rotatable bonds is 6. The van der Waals surface area contributed by atoms with E-state index in [2.05, 4.69) is 11.4 Å². The van der Waals surface area contributed by atoms with Gasteiger partial charge in [-0.15, -0.1) is 0 Å². The molecule has 0 aromatic heterocycles. The maximum atomic E-state index is 13.0. The Morgan fingerprint density at radius 2 is 0.613 bits per heavy atom. The highest BCUT2D eigenvalue weighted by molar-refractivity contribution is 6.37. The molecule has 0 aromatic rings. The quantitative estimate of drug-likeness (QED) is 0.314. The maximum absolute atomic E-state index is 13.0. The van der Waals surface area contributed by atoms with E-state index in [0.717, 1.165) is 0 Å². The van der Waals surface area contributed by atoms with Crippen molar-refractivity contribution < 1.29 is 77.2 Å². The van der Waals surface area contributed by atoms with Crippen molar-refractivity contribution in [1.29, 1.82) is 0 Å². The smallest absolute Gasteiger partial charge is 0.443 e. The molecular weight excluding hydrogens is 504 g/mol. The molecule has 0 saturated carbocycles. The molecule has 0 aliphatic carbocycles. The molecule has 3 nitrogen and oxygen atoms in total. The van der Waals surface area contributed by atoms with Gasteiger partial charge in [0.1, 0.15) is 11.2 Å². The van der Waals surface area contributed by atoms with Crippen LogP contribution in [0.5, 0.6) is 0 Å². The van der Waals surface area contributed by atoms with Crippen molar-refractivity contribution in [3.8, 4) is 0 Å². The van der Waals surface area contributed by atoms with Crippen molar-refractivity contribution in [1.82, 2.24) is 0 Å². The summed E-state index contributed by atoms with van der Waals surface area (Å²) in [7, 11) is 0. The van der Waals surface area contributed by atoms with E-state index in [1.54, 1.807) is 0 Å². The highest BCUT2D eigenvalue weighted by Gasteiger charge is 2.86. The van der Waals surface area contributed by atoms with Gasteiger partial charge in [-0.2, -0.15) is 65.9 Å². The topological polar surface area (TPSA) is 27.7 Å². The largest absolute Gasteiger partial charge is 0.907 e. The molecule has 0 rings (SSSR count). The Kier molecular flexibility index (Phi) is 8.12. The van der Waals surface area contributed by atoms with E-state index in [1.165, 1.54) is 0 Å². The minimum Gasteiger partial charge on any atom is -0.443 e. The lowest BCUT2D eigenvalue weighted by Gasteiger charge is -2.42. The molecule has 0 spiro atoms. The van der Waals surface area contributed by atoms with Crippen molar-refractivity contribution >= 4 is 15.1 Å². The molecule has 0 N–H and O–H groups in total. The van der Waals surface area contributed by atoms with Gasteiger partial charge in [-0.25, -0.2) is 0 Å². The van der Waals surface area contributed by atoms with Gasteiger partial charge in [0.2, 0.25) is 0 Å². The van der Waals surface area contributed by atoms with Crippen LogP contribution in [0.1, 0.15) is 27.7 Å². The maximum Gasteiger partial charge on any atom is 0.907 e. The monoisotopic (exact) mass is 516 g/mol. The molecule has 0 aromatic carbocycles.